The minimum Gasteiger partial charge on any atom is -0.361 e. The van der Waals surface area contributed by atoms with Crippen molar-refractivity contribution in [2.45, 2.75) is 43.1 Å². The number of ether oxygens (including phenoxy) is 1. The molecule has 5 rings (SSSR count). The molecule has 2 aromatic rings. The number of benzene rings is 2. The molecule has 5 nitrogen and oxygen atoms in total. The van der Waals surface area contributed by atoms with E-state index in [1.165, 1.54) is 12.1 Å². The molecule has 162 valence electrons. The molecular weight excluding hydrogens is 395 g/mol. The third kappa shape index (κ3) is 3.53. The molecule has 2 saturated heterocycles. The molecule has 0 N–H and O–H groups in total. The van der Waals surface area contributed by atoms with Gasteiger partial charge >= 0.3 is 0 Å². The van der Waals surface area contributed by atoms with Gasteiger partial charge in [0.05, 0.1) is 18.5 Å². The largest absolute Gasteiger partial charge is 0.361 e. The van der Waals surface area contributed by atoms with Crippen LogP contribution in [0, 0.1) is 5.82 Å². The molecule has 0 radical (unpaired) electrons. The van der Waals surface area contributed by atoms with Crippen molar-refractivity contribution in [1.29, 1.82) is 0 Å². The van der Waals surface area contributed by atoms with E-state index >= 15 is 0 Å². The predicted molar refractivity (Wildman–Crippen MR) is 115 cm³/mol. The summed E-state index contributed by atoms with van der Waals surface area (Å²) in [6.45, 7) is 1.50. The Labute approximate surface area is 181 Å². The van der Waals surface area contributed by atoms with Crippen LogP contribution in [0.4, 0.5) is 10.1 Å². The second-order valence-electron chi connectivity index (χ2n) is 9.06. The zero-order valence-electron chi connectivity index (χ0n) is 17.6. The van der Waals surface area contributed by atoms with Crippen LogP contribution in [-0.4, -0.2) is 48.6 Å². The Morgan fingerprint density at radius 3 is 2.48 bits per heavy atom. The predicted octanol–water partition coefficient (Wildman–Crippen LogP) is 3.67. The van der Waals surface area contributed by atoms with Gasteiger partial charge in [0.1, 0.15) is 18.0 Å². The van der Waals surface area contributed by atoms with Crippen molar-refractivity contribution in [1.82, 2.24) is 4.90 Å². The summed E-state index contributed by atoms with van der Waals surface area (Å²) in [5.74, 6) is -0.296. The molecule has 1 saturated carbocycles. The molecule has 0 aromatic heterocycles. The Balaban J connectivity index is 1.38. The number of amides is 2. The first-order valence-electron chi connectivity index (χ1n) is 11.1. The number of halogens is 1. The molecule has 2 amide bonds. The van der Waals surface area contributed by atoms with E-state index in [0.717, 1.165) is 36.9 Å². The number of carbonyl (C=O) groups is 2. The maximum atomic E-state index is 14.0. The molecular formula is C25H27FN2O3. The summed E-state index contributed by atoms with van der Waals surface area (Å²) in [5, 5.41) is 0. The number of morpholine rings is 1. The third-order valence-corrected chi connectivity index (χ3v) is 7.16. The maximum Gasteiger partial charge on any atom is 0.253 e. The maximum absolute atomic E-state index is 14.0. The van der Waals surface area contributed by atoms with Crippen LogP contribution in [0.5, 0.6) is 0 Å². The van der Waals surface area contributed by atoms with Crippen LogP contribution in [0.3, 0.4) is 0 Å². The topological polar surface area (TPSA) is 49.9 Å². The molecule has 0 unspecified atom stereocenters. The summed E-state index contributed by atoms with van der Waals surface area (Å²) >= 11 is 0. The fourth-order valence-corrected chi connectivity index (χ4v) is 5.52. The minimum atomic E-state index is -0.656. The highest BCUT2D eigenvalue weighted by molar-refractivity contribution is 5.95. The number of para-hydroxylation sites is 1. The molecule has 2 aliphatic heterocycles. The Hall–Kier alpha value is -2.73. The van der Waals surface area contributed by atoms with E-state index in [2.05, 4.69) is 0 Å². The van der Waals surface area contributed by atoms with Crippen LogP contribution in [0.1, 0.15) is 37.7 Å². The smallest absolute Gasteiger partial charge is 0.253 e. The summed E-state index contributed by atoms with van der Waals surface area (Å²) in [6, 6.07) is 16.1. The van der Waals surface area contributed by atoms with Gasteiger partial charge in [0, 0.05) is 12.2 Å². The van der Waals surface area contributed by atoms with Gasteiger partial charge in [-0.05, 0) is 49.1 Å². The Morgan fingerprint density at radius 1 is 0.968 bits per heavy atom. The lowest BCUT2D eigenvalue weighted by Gasteiger charge is -2.40. The number of anilines is 1. The zero-order chi connectivity index (χ0) is 21.5. The van der Waals surface area contributed by atoms with Crippen LogP contribution in [-0.2, 0) is 19.7 Å². The first-order valence-corrected chi connectivity index (χ1v) is 11.1. The van der Waals surface area contributed by atoms with E-state index in [0.29, 0.717) is 26.1 Å². The number of carbonyl (C=O) groups excluding carboxylic acids is 2. The van der Waals surface area contributed by atoms with E-state index in [1.807, 2.05) is 41.3 Å². The van der Waals surface area contributed by atoms with E-state index in [4.69, 9.17) is 4.74 Å². The fraction of sp³-hybridized carbons (Fsp3) is 0.440. The summed E-state index contributed by atoms with van der Waals surface area (Å²) in [5.41, 5.74) is 0.423. The standard InChI is InChI=1S/C25H27FN2O3/c26-20-8-6-7-19(15-20)25(11-4-5-12-25)23(30)27-14-13-24(17-27)18-28(22(29)16-31-24)21-9-2-1-3-10-21/h1-3,6-10,15H,4-5,11-14,16-18H2/t24-/m0/s1. The van der Waals surface area contributed by atoms with E-state index < -0.39 is 11.0 Å². The average Bonchev–Trinajstić information content (AvgIpc) is 3.45. The molecule has 2 heterocycles. The van der Waals surface area contributed by atoms with Gasteiger partial charge in [-0.3, -0.25) is 9.59 Å². The van der Waals surface area contributed by atoms with Crippen molar-refractivity contribution in [3.8, 4) is 0 Å². The summed E-state index contributed by atoms with van der Waals surface area (Å²) in [7, 11) is 0. The Kier molecular flexibility index (Phi) is 5.05. The fourth-order valence-electron chi connectivity index (χ4n) is 5.52. The summed E-state index contributed by atoms with van der Waals surface area (Å²) < 4.78 is 20.0. The first kappa shape index (κ1) is 20.2. The third-order valence-electron chi connectivity index (χ3n) is 7.16. The van der Waals surface area contributed by atoms with Gasteiger partial charge in [-0.1, -0.05) is 43.2 Å². The Bertz CT molecular complexity index is 989. The Morgan fingerprint density at radius 2 is 1.74 bits per heavy atom. The SMILES string of the molecule is O=C1CO[C@]2(CCN(C(=O)C3(c4cccc(F)c4)CCCC3)C2)CN1c1ccccc1. The number of likely N-dealkylation sites (tertiary alicyclic amines) is 1. The molecule has 3 aliphatic rings. The number of hydrogen-bond acceptors (Lipinski definition) is 3. The lowest BCUT2D eigenvalue weighted by Crippen LogP contribution is -2.57. The highest BCUT2D eigenvalue weighted by atomic mass is 19.1. The molecule has 3 fully saturated rings. The highest BCUT2D eigenvalue weighted by Gasteiger charge is 2.51. The van der Waals surface area contributed by atoms with Gasteiger partial charge in [0.25, 0.3) is 5.91 Å². The number of hydrogen-bond donors (Lipinski definition) is 0. The first-order chi connectivity index (χ1) is 15.0. The van der Waals surface area contributed by atoms with Crippen LogP contribution in [0.2, 0.25) is 0 Å². The van der Waals surface area contributed by atoms with Crippen molar-refractivity contribution in [3.63, 3.8) is 0 Å². The monoisotopic (exact) mass is 422 g/mol. The van der Waals surface area contributed by atoms with E-state index in [1.54, 1.807) is 11.0 Å². The second kappa shape index (κ2) is 7.75. The molecule has 1 aliphatic carbocycles. The van der Waals surface area contributed by atoms with E-state index in [-0.39, 0.29) is 24.2 Å². The molecule has 2 aromatic carbocycles. The van der Waals surface area contributed by atoms with Crippen LogP contribution >= 0.6 is 0 Å². The quantitative estimate of drug-likeness (QED) is 0.758. The number of nitrogens with zero attached hydrogens (tertiary/aromatic N) is 2. The van der Waals surface area contributed by atoms with Gasteiger partial charge in [-0.2, -0.15) is 0 Å². The second-order valence-corrected chi connectivity index (χ2v) is 9.06. The summed E-state index contributed by atoms with van der Waals surface area (Å²) in [6.07, 6.45) is 4.11. The number of rotatable bonds is 3. The van der Waals surface area contributed by atoms with Gasteiger partial charge < -0.3 is 14.5 Å². The molecule has 0 bridgehead atoms. The van der Waals surface area contributed by atoms with Crippen LogP contribution < -0.4 is 4.90 Å². The van der Waals surface area contributed by atoms with Gasteiger partial charge in [0.15, 0.2) is 0 Å². The van der Waals surface area contributed by atoms with Gasteiger partial charge in [-0.15, -0.1) is 0 Å². The normalized spacial score (nSPS) is 25.4. The molecule has 1 atom stereocenters. The van der Waals surface area contributed by atoms with Crippen molar-refractivity contribution in [2.24, 2.45) is 0 Å². The summed E-state index contributed by atoms with van der Waals surface area (Å²) in [4.78, 5) is 30.0. The van der Waals surface area contributed by atoms with Crippen LogP contribution in [0.25, 0.3) is 0 Å². The lowest BCUT2D eigenvalue weighted by molar-refractivity contribution is -0.141. The van der Waals surface area contributed by atoms with Gasteiger partial charge in [-0.25, -0.2) is 4.39 Å². The zero-order valence-corrected chi connectivity index (χ0v) is 17.6. The van der Waals surface area contributed by atoms with Crippen molar-refractivity contribution in [3.05, 3.63) is 66.0 Å². The van der Waals surface area contributed by atoms with Crippen molar-refractivity contribution in [2.75, 3.05) is 31.1 Å². The van der Waals surface area contributed by atoms with E-state index in [9.17, 15) is 14.0 Å². The lowest BCUT2D eigenvalue weighted by atomic mass is 9.77. The van der Waals surface area contributed by atoms with Crippen molar-refractivity contribution >= 4 is 17.5 Å². The minimum absolute atomic E-state index is 0.0198. The van der Waals surface area contributed by atoms with Crippen LogP contribution in [0.15, 0.2) is 54.6 Å². The van der Waals surface area contributed by atoms with Crippen molar-refractivity contribution < 1.29 is 18.7 Å². The molecule has 31 heavy (non-hydrogen) atoms. The van der Waals surface area contributed by atoms with Gasteiger partial charge in [0.2, 0.25) is 5.91 Å². The molecule has 6 heteroatoms. The molecule has 1 spiro atoms. The highest BCUT2D eigenvalue weighted by Crippen LogP contribution is 2.44. The average molecular weight is 423 g/mol.